The maximum absolute atomic E-state index is 12.0. The zero-order chi connectivity index (χ0) is 12.3. The van der Waals surface area contributed by atoms with Crippen molar-refractivity contribution in [3.05, 3.63) is 0 Å². The second kappa shape index (κ2) is 5.23. The quantitative estimate of drug-likeness (QED) is 0.743. The van der Waals surface area contributed by atoms with Gasteiger partial charge in [-0.2, -0.15) is 5.10 Å². The summed E-state index contributed by atoms with van der Waals surface area (Å²) in [5, 5.41) is 13.5. The van der Waals surface area contributed by atoms with Gasteiger partial charge in [-0.3, -0.25) is 15.2 Å². The lowest BCUT2D eigenvalue weighted by Gasteiger charge is -2.16. The SMILES string of the molecule is C/C(=N\N1CCCC1=N)C(=O)C(C)C(C)C. The molecule has 4 heteroatoms. The zero-order valence-electron chi connectivity index (χ0n) is 10.6. The number of ketones is 1. The first-order valence-corrected chi connectivity index (χ1v) is 5.88. The first kappa shape index (κ1) is 12.9. The normalized spacial score (nSPS) is 19.4. The Morgan fingerprint density at radius 2 is 2.06 bits per heavy atom. The highest BCUT2D eigenvalue weighted by Gasteiger charge is 2.22. The highest BCUT2D eigenvalue weighted by atomic mass is 16.1. The molecule has 0 bridgehead atoms. The maximum atomic E-state index is 12.0. The topological polar surface area (TPSA) is 56.5 Å². The van der Waals surface area contributed by atoms with Crippen LogP contribution in [0.5, 0.6) is 0 Å². The summed E-state index contributed by atoms with van der Waals surface area (Å²) < 4.78 is 0. The number of carbonyl (C=O) groups is 1. The van der Waals surface area contributed by atoms with Gasteiger partial charge < -0.3 is 0 Å². The first-order valence-electron chi connectivity index (χ1n) is 5.88. The van der Waals surface area contributed by atoms with Crippen LogP contribution >= 0.6 is 0 Å². The van der Waals surface area contributed by atoms with E-state index in [-0.39, 0.29) is 11.7 Å². The van der Waals surface area contributed by atoms with Gasteiger partial charge in [-0.05, 0) is 19.3 Å². The van der Waals surface area contributed by atoms with Crippen LogP contribution in [0.3, 0.4) is 0 Å². The summed E-state index contributed by atoms with van der Waals surface area (Å²) in [5.41, 5.74) is 0.521. The molecule has 1 aliphatic heterocycles. The standard InChI is InChI=1S/C12H21N3O/c1-8(2)9(3)12(16)10(4)14-15-7-5-6-11(15)13/h8-9,13H,5-7H2,1-4H3/b13-11?,14-10+. The molecule has 0 radical (unpaired) electrons. The summed E-state index contributed by atoms with van der Waals surface area (Å²) >= 11 is 0. The third kappa shape index (κ3) is 2.90. The number of nitrogens with zero attached hydrogens (tertiary/aromatic N) is 2. The molecule has 0 aromatic rings. The van der Waals surface area contributed by atoms with Gasteiger partial charge in [-0.1, -0.05) is 20.8 Å². The van der Waals surface area contributed by atoms with Crippen molar-refractivity contribution < 1.29 is 4.79 Å². The number of amidine groups is 1. The Hall–Kier alpha value is -1.19. The van der Waals surface area contributed by atoms with Gasteiger partial charge in [0.25, 0.3) is 0 Å². The lowest BCUT2D eigenvalue weighted by molar-refractivity contribution is -0.117. The third-order valence-corrected chi connectivity index (χ3v) is 3.14. The molecular weight excluding hydrogens is 202 g/mol. The highest BCUT2D eigenvalue weighted by molar-refractivity contribution is 6.39. The summed E-state index contributed by atoms with van der Waals surface area (Å²) in [6.07, 6.45) is 1.73. The van der Waals surface area contributed by atoms with Gasteiger partial charge in [0.15, 0.2) is 5.78 Å². The average Bonchev–Trinajstić information content (AvgIpc) is 2.62. The van der Waals surface area contributed by atoms with Crippen LogP contribution in [0.1, 0.15) is 40.5 Å². The van der Waals surface area contributed by atoms with Crippen LogP contribution < -0.4 is 0 Å². The number of carbonyl (C=O) groups excluding carboxylic acids is 1. The Labute approximate surface area is 97.2 Å². The van der Waals surface area contributed by atoms with E-state index in [4.69, 9.17) is 5.41 Å². The number of hydrogen-bond acceptors (Lipinski definition) is 3. The van der Waals surface area contributed by atoms with E-state index in [9.17, 15) is 4.79 Å². The van der Waals surface area contributed by atoms with Crippen LogP contribution in [0, 0.1) is 17.2 Å². The van der Waals surface area contributed by atoms with Gasteiger partial charge in [0, 0.05) is 18.9 Å². The fraction of sp³-hybridized carbons (Fsp3) is 0.750. The molecule has 0 aromatic heterocycles. The number of hydrogen-bond donors (Lipinski definition) is 1. The molecule has 4 nitrogen and oxygen atoms in total. The number of nitrogens with one attached hydrogen (secondary N) is 1. The number of rotatable bonds is 4. The van der Waals surface area contributed by atoms with E-state index in [1.54, 1.807) is 11.9 Å². The Kier molecular flexibility index (Phi) is 4.21. The predicted octanol–water partition coefficient (Wildman–Crippen LogP) is 2.30. The number of Topliss-reactive ketones (excluding diaryl/α,β-unsaturated/α-hetero) is 1. The van der Waals surface area contributed by atoms with Crippen LogP contribution in [0.15, 0.2) is 5.10 Å². The van der Waals surface area contributed by atoms with Gasteiger partial charge in [0.05, 0.1) is 0 Å². The summed E-state index contributed by atoms with van der Waals surface area (Å²) in [5.74, 6) is 0.940. The Bertz CT molecular complexity index is 320. The second-order valence-corrected chi connectivity index (χ2v) is 4.76. The molecule has 0 amide bonds. The fourth-order valence-electron chi connectivity index (χ4n) is 1.63. The molecule has 1 rings (SSSR count). The van der Waals surface area contributed by atoms with E-state index >= 15 is 0 Å². The number of hydrazone groups is 1. The molecule has 1 fully saturated rings. The molecule has 1 aliphatic rings. The van der Waals surface area contributed by atoms with E-state index in [1.165, 1.54) is 0 Å². The van der Waals surface area contributed by atoms with Gasteiger partial charge in [0.1, 0.15) is 11.5 Å². The average molecular weight is 223 g/mol. The zero-order valence-corrected chi connectivity index (χ0v) is 10.6. The molecule has 1 unspecified atom stereocenters. The monoisotopic (exact) mass is 223 g/mol. The molecule has 1 N–H and O–H groups in total. The smallest absolute Gasteiger partial charge is 0.181 e. The Balaban J connectivity index is 2.69. The molecule has 0 saturated carbocycles. The Morgan fingerprint density at radius 3 is 2.50 bits per heavy atom. The van der Waals surface area contributed by atoms with Crippen LogP contribution in [0.2, 0.25) is 0 Å². The molecule has 16 heavy (non-hydrogen) atoms. The molecule has 1 heterocycles. The molecule has 0 aromatic carbocycles. The molecular formula is C12H21N3O. The van der Waals surface area contributed by atoms with Crippen molar-refractivity contribution in [2.24, 2.45) is 16.9 Å². The van der Waals surface area contributed by atoms with Gasteiger partial charge in [-0.15, -0.1) is 0 Å². The third-order valence-electron chi connectivity index (χ3n) is 3.14. The molecule has 90 valence electrons. The Morgan fingerprint density at radius 1 is 1.44 bits per heavy atom. The molecule has 1 saturated heterocycles. The molecule has 0 aliphatic carbocycles. The van der Waals surface area contributed by atoms with Crippen LogP contribution in [-0.2, 0) is 4.79 Å². The van der Waals surface area contributed by atoms with Crippen LogP contribution in [0.25, 0.3) is 0 Å². The minimum atomic E-state index is 0.000497. The molecule has 1 atom stereocenters. The van der Waals surface area contributed by atoms with Gasteiger partial charge in [-0.25, -0.2) is 0 Å². The van der Waals surface area contributed by atoms with Crippen molar-refractivity contribution in [1.29, 1.82) is 5.41 Å². The minimum absolute atomic E-state index is 0.000497. The van der Waals surface area contributed by atoms with Crippen molar-refractivity contribution in [1.82, 2.24) is 5.01 Å². The largest absolute Gasteiger partial charge is 0.292 e. The predicted molar refractivity (Wildman–Crippen MR) is 65.8 cm³/mol. The van der Waals surface area contributed by atoms with Crippen LogP contribution in [-0.4, -0.2) is 28.9 Å². The van der Waals surface area contributed by atoms with Crippen molar-refractivity contribution in [2.75, 3.05) is 6.54 Å². The van der Waals surface area contributed by atoms with Gasteiger partial charge in [0.2, 0.25) is 0 Å². The van der Waals surface area contributed by atoms with Gasteiger partial charge >= 0.3 is 0 Å². The lowest BCUT2D eigenvalue weighted by atomic mass is 9.92. The molecule has 0 spiro atoms. The van der Waals surface area contributed by atoms with E-state index in [0.29, 0.717) is 17.5 Å². The van der Waals surface area contributed by atoms with E-state index < -0.39 is 0 Å². The van der Waals surface area contributed by atoms with E-state index in [1.807, 2.05) is 20.8 Å². The van der Waals surface area contributed by atoms with Crippen molar-refractivity contribution in [3.63, 3.8) is 0 Å². The second-order valence-electron chi connectivity index (χ2n) is 4.76. The lowest BCUT2D eigenvalue weighted by Crippen LogP contribution is -2.27. The first-order chi connectivity index (χ1) is 7.43. The summed E-state index contributed by atoms with van der Waals surface area (Å²) in [6, 6.07) is 0. The summed E-state index contributed by atoms with van der Waals surface area (Å²) in [6.45, 7) is 8.51. The summed E-state index contributed by atoms with van der Waals surface area (Å²) in [7, 11) is 0. The van der Waals surface area contributed by atoms with E-state index in [0.717, 1.165) is 19.4 Å². The van der Waals surface area contributed by atoms with Crippen molar-refractivity contribution in [3.8, 4) is 0 Å². The highest BCUT2D eigenvalue weighted by Crippen LogP contribution is 2.14. The van der Waals surface area contributed by atoms with E-state index in [2.05, 4.69) is 5.10 Å². The fourth-order valence-corrected chi connectivity index (χ4v) is 1.63. The van der Waals surface area contributed by atoms with Crippen molar-refractivity contribution >= 4 is 17.3 Å². The van der Waals surface area contributed by atoms with Crippen molar-refractivity contribution in [2.45, 2.75) is 40.5 Å². The summed E-state index contributed by atoms with van der Waals surface area (Å²) in [4.78, 5) is 12.0. The minimum Gasteiger partial charge on any atom is -0.292 e. The maximum Gasteiger partial charge on any atom is 0.181 e. The van der Waals surface area contributed by atoms with Crippen LogP contribution in [0.4, 0.5) is 0 Å².